The molecule has 1 saturated heterocycles. The molecule has 2 heterocycles. The van der Waals surface area contributed by atoms with Crippen molar-refractivity contribution in [2.75, 3.05) is 31.9 Å². The molecule has 0 radical (unpaired) electrons. The van der Waals surface area contributed by atoms with Crippen LogP contribution in [0.5, 0.6) is 0 Å². The molecule has 9 heteroatoms. The lowest BCUT2D eigenvalue weighted by atomic mass is 10.1. The van der Waals surface area contributed by atoms with Gasteiger partial charge in [0.05, 0.1) is 12.1 Å². The number of hydrogen-bond acceptors (Lipinski definition) is 4. The first-order valence-corrected chi connectivity index (χ1v) is 8.77. The molecule has 2 aromatic rings. The van der Waals surface area contributed by atoms with E-state index in [1.54, 1.807) is 0 Å². The van der Waals surface area contributed by atoms with Crippen LogP contribution in [0.3, 0.4) is 0 Å². The lowest BCUT2D eigenvalue weighted by molar-refractivity contribution is -0.132. The third-order valence-corrected chi connectivity index (χ3v) is 5.10. The SMILES string of the molecule is Cc1nn(C)c(C)c1CN1CCN(C(=O)Cc2ccc(N)cc2)CC1.Cl.Cl.Cl. The molecule has 1 aromatic heterocycles. The molecule has 1 aliphatic heterocycles. The molecule has 0 unspecified atom stereocenters. The van der Waals surface area contributed by atoms with Gasteiger partial charge in [0.1, 0.15) is 0 Å². The standard InChI is InChI=1S/C19H27N5O.3ClH/c1-14-18(15(2)22(3)21-14)13-23-8-10-24(11-9-23)19(25)12-16-4-6-17(20)7-5-16;;;/h4-7H,8-13,20H2,1-3H3;3*1H. The number of nitrogen functional groups attached to an aromatic ring is 1. The number of rotatable bonds is 4. The molecule has 158 valence electrons. The van der Waals surface area contributed by atoms with Crippen molar-refractivity contribution >= 4 is 48.8 Å². The van der Waals surface area contributed by atoms with E-state index in [0.29, 0.717) is 6.42 Å². The molecule has 1 fully saturated rings. The minimum absolute atomic E-state index is 0. The van der Waals surface area contributed by atoms with Crippen LogP contribution in [0.2, 0.25) is 0 Å². The van der Waals surface area contributed by atoms with Gasteiger partial charge in [0.2, 0.25) is 5.91 Å². The number of aromatic nitrogens is 2. The van der Waals surface area contributed by atoms with Gasteiger partial charge in [0.25, 0.3) is 0 Å². The van der Waals surface area contributed by atoms with Gasteiger partial charge in [-0.1, -0.05) is 12.1 Å². The van der Waals surface area contributed by atoms with Crippen LogP contribution in [-0.2, 0) is 24.8 Å². The van der Waals surface area contributed by atoms with Crippen molar-refractivity contribution in [3.05, 3.63) is 46.8 Å². The van der Waals surface area contributed by atoms with Crippen molar-refractivity contribution < 1.29 is 4.79 Å². The minimum atomic E-state index is 0. The molecule has 1 aromatic carbocycles. The molecule has 1 amide bonds. The average Bonchev–Trinajstić information content (AvgIpc) is 2.84. The number of piperazine rings is 1. The smallest absolute Gasteiger partial charge is 0.227 e. The third-order valence-electron chi connectivity index (χ3n) is 5.10. The van der Waals surface area contributed by atoms with E-state index in [9.17, 15) is 4.79 Å². The van der Waals surface area contributed by atoms with Gasteiger partial charge in [0.15, 0.2) is 0 Å². The molecule has 1 aliphatic rings. The summed E-state index contributed by atoms with van der Waals surface area (Å²) in [7, 11) is 1.99. The number of carbonyl (C=O) groups excluding carboxylic acids is 1. The highest BCUT2D eigenvalue weighted by Gasteiger charge is 2.22. The Morgan fingerprint density at radius 2 is 1.61 bits per heavy atom. The summed E-state index contributed by atoms with van der Waals surface area (Å²) < 4.78 is 1.94. The Balaban J connectivity index is 0.00000243. The van der Waals surface area contributed by atoms with E-state index >= 15 is 0 Å². The van der Waals surface area contributed by atoms with E-state index in [0.717, 1.165) is 49.7 Å². The van der Waals surface area contributed by atoms with Crippen LogP contribution in [0.1, 0.15) is 22.5 Å². The Bertz CT molecular complexity index is 756. The number of anilines is 1. The van der Waals surface area contributed by atoms with E-state index in [2.05, 4.69) is 23.8 Å². The number of hydrogen-bond donors (Lipinski definition) is 1. The first-order valence-electron chi connectivity index (χ1n) is 8.77. The monoisotopic (exact) mass is 449 g/mol. The number of halogens is 3. The summed E-state index contributed by atoms with van der Waals surface area (Å²) in [5.74, 6) is 0.193. The first-order chi connectivity index (χ1) is 11.9. The topological polar surface area (TPSA) is 67.4 Å². The molecular formula is C19H30Cl3N5O. The lowest BCUT2D eigenvalue weighted by Crippen LogP contribution is -2.48. The van der Waals surface area contributed by atoms with Gasteiger partial charge in [0, 0.05) is 56.7 Å². The zero-order valence-corrected chi connectivity index (χ0v) is 19.0. The summed E-state index contributed by atoms with van der Waals surface area (Å²) in [4.78, 5) is 16.9. The Hall–Kier alpha value is -1.47. The predicted molar refractivity (Wildman–Crippen MR) is 121 cm³/mol. The fourth-order valence-corrected chi connectivity index (χ4v) is 3.35. The van der Waals surface area contributed by atoms with Gasteiger partial charge in [-0.25, -0.2) is 0 Å². The maximum absolute atomic E-state index is 12.5. The second-order valence-corrected chi connectivity index (χ2v) is 6.85. The van der Waals surface area contributed by atoms with Gasteiger partial charge in [-0.05, 0) is 31.5 Å². The lowest BCUT2D eigenvalue weighted by Gasteiger charge is -2.35. The Kier molecular flexibility index (Phi) is 10.9. The molecule has 0 saturated carbocycles. The molecule has 0 bridgehead atoms. The van der Waals surface area contributed by atoms with Crippen molar-refractivity contribution in [1.82, 2.24) is 19.6 Å². The quantitative estimate of drug-likeness (QED) is 0.727. The fraction of sp³-hybridized carbons (Fsp3) is 0.474. The molecular weight excluding hydrogens is 421 g/mol. The third kappa shape index (κ3) is 6.27. The number of aryl methyl sites for hydroxylation is 2. The molecule has 0 spiro atoms. The molecule has 6 nitrogen and oxygen atoms in total. The molecule has 0 atom stereocenters. The van der Waals surface area contributed by atoms with E-state index in [4.69, 9.17) is 5.73 Å². The predicted octanol–water partition coefficient (Wildman–Crippen LogP) is 2.77. The van der Waals surface area contributed by atoms with E-state index in [1.807, 2.05) is 40.9 Å². The zero-order chi connectivity index (χ0) is 18.0. The molecule has 3 rings (SSSR count). The van der Waals surface area contributed by atoms with E-state index in [1.165, 1.54) is 11.3 Å². The van der Waals surface area contributed by atoms with Crippen molar-refractivity contribution in [2.24, 2.45) is 7.05 Å². The van der Waals surface area contributed by atoms with Crippen molar-refractivity contribution in [3.63, 3.8) is 0 Å². The summed E-state index contributed by atoms with van der Waals surface area (Å²) in [6.45, 7) is 8.46. The Morgan fingerprint density at radius 1 is 1.04 bits per heavy atom. The highest BCUT2D eigenvalue weighted by molar-refractivity contribution is 5.86. The maximum atomic E-state index is 12.5. The van der Waals surface area contributed by atoms with Crippen molar-refractivity contribution in [3.8, 4) is 0 Å². The average molecular weight is 451 g/mol. The van der Waals surface area contributed by atoms with Crippen LogP contribution in [0.15, 0.2) is 24.3 Å². The molecule has 2 N–H and O–H groups in total. The summed E-state index contributed by atoms with van der Waals surface area (Å²) in [6.07, 6.45) is 0.446. The largest absolute Gasteiger partial charge is 0.399 e. The first kappa shape index (κ1) is 26.5. The minimum Gasteiger partial charge on any atom is -0.399 e. The van der Waals surface area contributed by atoms with Crippen LogP contribution in [0.25, 0.3) is 0 Å². The van der Waals surface area contributed by atoms with Crippen molar-refractivity contribution in [1.29, 1.82) is 0 Å². The maximum Gasteiger partial charge on any atom is 0.227 e. The Morgan fingerprint density at radius 3 is 2.11 bits per heavy atom. The van der Waals surface area contributed by atoms with Crippen LogP contribution >= 0.6 is 37.2 Å². The fourth-order valence-electron chi connectivity index (χ4n) is 3.35. The highest BCUT2D eigenvalue weighted by atomic mass is 35.5. The van der Waals surface area contributed by atoms with Crippen LogP contribution in [-0.4, -0.2) is 51.7 Å². The van der Waals surface area contributed by atoms with E-state index in [-0.39, 0.29) is 43.1 Å². The van der Waals surface area contributed by atoms with Gasteiger partial charge in [-0.15, -0.1) is 37.2 Å². The summed E-state index contributed by atoms with van der Waals surface area (Å²) in [6, 6.07) is 7.55. The van der Waals surface area contributed by atoms with Crippen LogP contribution < -0.4 is 5.73 Å². The van der Waals surface area contributed by atoms with Gasteiger partial charge < -0.3 is 10.6 Å². The number of nitrogens with zero attached hydrogens (tertiary/aromatic N) is 4. The second-order valence-electron chi connectivity index (χ2n) is 6.85. The molecule has 28 heavy (non-hydrogen) atoms. The van der Waals surface area contributed by atoms with Gasteiger partial charge in [-0.3, -0.25) is 14.4 Å². The van der Waals surface area contributed by atoms with Crippen molar-refractivity contribution in [2.45, 2.75) is 26.8 Å². The van der Waals surface area contributed by atoms with Gasteiger partial charge >= 0.3 is 0 Å². The number of amides is 1. The van der Waals surface area contributed by atoms with Crippen LogP contribution in [0, 0.1) is 13.8 Å². The van der Waals surface area contributed by atoms with Crippen LogP contribution in [0.4, 0.5) is 5.69 Å². The summed E-state index contributed by atoms with van der Waals surface area (Å²) >= 11 is 0. The highest BCUT2D eigenvalue weighted by Crippen LogP contribution is 2.16. The van der Waals surface area contributed by atoms with E-state index < -0.39 is 0 Å². The number of carbonyl (C=O) groups is 1. The second kappa shape index (κ2) is 11.5. The summed E-state index contributed by atoms with van der Waals surface area (Å²) in [5, 5.41) is 4.49. The zero-order valence-electron chi connectivity index (χ0n) is 16.6. The van der Waals surface area contributed by atoms with Gasteiger partial charge in [-0.2, -0.15) is 5.10 Å². The number of nitrogens with two attached hydrogens (primary N) is 1. The summed E-state index contributed by atoms with van der Waals surface area (Å²) in [5.41, 5.74) is 11.1. The number of benzene rings is 1. The Labute approximate surface area is 185 Å². The normalized spacial score (nSPS) is 13.9. The molecule has 0 aliphatic carbocycles.